The Morgan fingerprint density at radius 2 is 1.37 bits per heavy atom. The molecule has 0 aliphatic rings. The number of allylic oxidation sites excluding steroid dienone is 1. The van der Waals surface area contributed by atoms with Crippen molar-refractivity contribution in [2.75, 3.05) is 7.11 Å². The van der Waals surface area contributed by atoms with Gasteiger partial charge in [-0.05, 0) is 61.2 Å². The standard InChI is InChI=1S/C30H44O4S/c1-4-6-8-9-10-11-12-13-14-15-18-27-19-16-17-21-30(27)35(31,32)34-29(20-7-5-2)26-22-24-28(33-3)25-23-26/h16-17,19-25H,4-15,18H2,1-3H3. The van der Waals surface area contributed by atoms with Crippen molar-refractivity contribution in [3.05, 3.63) is 65.7 Å². The summed E-state index contributed by atoms with van der Waals surface area (Å²) in [5.74, 6) is 1.08. The Kier molecular flexibility index (Phi) is 13.6. The van der Waals surface area contributed by atoms with Crippen molar-refractivity contribution < 1.29 is 17.3 Å². The average molecular weight is 501 g/mol. The number of hydrogen-bond acceptors (Lipinski definition) is 4. The molecule has 0 unspecified atom stereocenters. The monoisotopic (exact) mass is 500 g/mol. The summed E-state index contributed by atoms with van der Waals surface area (Å²) >= 11 is 0. The second kappa shape index (κ2) is 16.4. The van der Waals surface area contributed by atoms with Crippen molar-refractivity contribution in [1.29, 1.82) is 0 Å². The molecular formula is C30H44O4S. The smallest absolute Gasteiger partial charge is 0.339 e. The van der Waals surface area contributed by atoms with Gasteiger partial charge in [-0.3, -0.25) is 0 Å². The molecule has 5 heteroatoms. The Balaban J connectivity index is 1.97. The van der Waals surface area contributed by atoms with Crippen LogP contribution in [0.4, 0.5) is 0 Å². The first-order chi connectivity index (χ1) is 17.0. The van der Waals surface area contributed by atoms with Gasteiger partial charge in [-0.2, -0.15) is 8.42 Å². The summed E-state index contributed by atoms with van der Waals surface area (Å²) in [5, 5.41) is 0. The Morgan fingerprint density at radius 3 is 1.97 bits per heavy atom. The number of benzene rings is 2. The molecule has 0 aliphatic heterocycles. The van der Waals surface area contributed by atoms with Gasteiger partial charge in [-0.25, -0.2) is 0 Å². The molecule has 0 radical (unpaired) electrons. The van der Waals surface area contributed by atoms with Crippen molar-refractivity contribution in [3.63, 3.8) is 0 Å². The van der Waals surface area contributed by atoms with Crippen LogP contribution in [0.5, 0.6) is 5.75 Å². The fourth-order valence-corrected chi connectivity index (χ4v) is 5.38. The minimum absolute atomic E-state index is 0.270. The maximum atomic E-state index is 13.3. The predicted octanol–water partition coefficient (Wildman–Crippen LogP) is 8.71. The zero-order valence-corrected chi connectivity index (χ0v) is 22.7. The van der Waals surface area contributed by atoms with Crippen LogP contribution < -0.4 is 4.74 Å². The zero-order valence-electron chi connectivity index (χ0n) is 21.9. The Morgan fingerprint density at radius 1 is 0.771 bits per heavy atom. The van der Waals surface area contributed by atoms with Gasteiger partial charge in [-0.1, -0.05) is 96.3 Å². The van der Waals surface area contributed by atoms with Crippen LogP contribution in [0.1, 0.15) is 102 Å². The molecule has 0 N–H and O–H groups in total. The number of methoxy groups -OCH3 is 1. The van der Waals surface area contributed by atoms with Crippen LogP contribution >= 0.6 is 0 Å². The summed E-state index contributed by atoms with van der Waals surface area (Å²) in [7, 11) is -2.34. The van der Waals surface area contributed by atoms with Gasteiger partial charge < -0.3 is 8.92 Å². The molecule has 2 aromatic carbocycles. The highest BCUT2D eigenvalue weighted by Crippen LogP contribution is 2.28. The van der Waals surface area contributed by atoms with Gasteiger partial charge in [0, 0.05) is 5.56 Å². The van der Waals surface area contributed by atoms with E-state index < -0.39 is 10.1 Å². The van der Waals surface area contributed by atoms with Crippen LogP contribution in [0.15, 0.2) is 59.5 Å². The minimum Gasteiger partial charge on any atom is -0.497 e. The van der Waals surface area contributed by atoms with Crippen LogP contribution in [0.2, 0.25) is 0 Å². The summed E-state index contributed by atoms with van der Waals surface area (Å²) in [4.78, 5) is 0.270. The van der Waals surface area contributed by atoms with Crippen molar-refractivity contribution in [3.8, 4) is 5.75 Å². The third-order valence-corrected chi connectivity index (χ3v) is 7.57. The molecule has 35 heavy (non-hydrogen) atoms. The number of ether oxygens (including phenoxy) is 1. The molecule has 0 aliphatic carbocycles. The molecule has 0 bridgehead atoms. The molecule has 0 heterocycles. The van der Waals surface area contributed by atoms with E-state index in [9.17, 15) is 8.42 Å². The summed E-state index contributed by atoms with van der Waals surface area (Å²) in [6.07, 6.45) is 16.8. The van der Waals surface area contributed by atoms with E-state index in [1.165, 1.54) is 51.4 Å². The highest BCUT2D eigenvalue weighted by atomic mass is 32.2. The van der Waals surface area contributed by atoms with Gasteiger partial charge in [0.25, 0.3) is 0 Å². The minimum atomic E-state index is -3.95. The van der Waals surface area contributed by atoms with Crippen molar-refractivity contribution in [1.82, 2.24) is 0 Å². The predicted molar refractivity (Wildman–Crippen MR) is 146 cm³/mol. The first-order valence-corrected chi connectivity index (χ1v) is 14.8. The van der Waals surface area contributed by atoms with Crippen LogP contribution in [-0.2, 0) is 20.7 Å². The SMILES string of the molecule is CCCC=C(OS(=O)(=O)c1ccccc1CCCCCCCCCCCC)c1ccc(OC)cc1. The van der Waals surface area contributed by atoms with Gasteiger partial charge in [0.05, 0.1) is 7.11 Å². The lowest BCUT2D eigenvalue weighted by Crippen LogP contribution is -2.09. The zero-order chi connectivity index (χ0) is 25.4. The van der Waals surface area contributed by atoms with E-state index in [-0.39, 0.29) is 4.90 Å². The summed E-state index contributed by atoms with van der Waals surface area (Å²) in [5.41, 5.74) is 1.55. The largest absolute Gasteiger partial charge is 0.497 e. The molecule has 0 atom stereocenters. The van der Waals surface area contributed by atoms with Gasteiger partial charge >= 0.3 is 10.1 Å². The fourth-order valence-electron chi connectivity index (χ4n) is 4.15. The second-order valence-corrected chi connectivity index (χ2v) is 10.7. The number of rotatable bonds is 18. The third-order valence-electron chi connectivity index (χ3n) is 6.23. The van der Waals surface area contributed by atoms with Gasteiger partial charge in [0.1, 0.15) is 16.4 Å². The molecule has 4 nitrogen and oxygen atoms in total. The summed E-state index contributed by atoms with van der Waals surface area (Å²) in [6, 6.07) is 14.5. The van der Waals surface area contributed by atoms with Crippen molar-refractivity contribution in [2.24, 2.45) is 0 Å². The van der Waals surface area contributed by atoms with E-state index in [0.29, 0.717) is 11.5 Å². The summed E-state index contributed by atoms with van der Waals surface area (Å²) in [6.45, 7) is 4.30. The van der Waals surface area contributed by atoms with Crippen molar-refractivity contribution >= 4 is 15.9 Å². The molecule has 0 spiro atoms. The Hall–Kier alpha value is -2.27. The molecule has 2 rings (SSSR count). The van der Waals surface area contributed by atoms with Crippen LogP contribution in [0.25, 0.3) is 5.76 Å². The normalized spacial score (nSPS) is 12.0. The van der Waals surface area contributed by atoms with Crippen LogP contribution in [-0.4, -0.2) is 15.5 Å². The maximum Gasteiger partial charge on any atom is 0.339 e. The van der Waals surface area contributed by atoms with E-state index in [1.54, 1.807) is 19.2 Å². The lowest BCUT2D eigenvalue weighted by Gasteiger charge is -2.14. The first kappa shape index (κ1) is 29.0. The second-order valence-electron chi connectivity index (χ2n) is 9.16. The molecule has 194 valence electrons. The number of unbranched alkanes of at least 4 members (excludes halogenated alkanes) is 10. The Bertz CT molecular complexity index is 978. The molecule has 0 saturated carbocycles. The molecule has 0 fully saturated rings. The highest BCUT2D eigenvalue weighted by Gasteiger charge is 2.22. The highest BCUT2D eigenvalue weighted by molar-refractivity contribution is 7.87. The summed E-state index contributed by atoms with van der Waals surface area (Å²) < 4.78 is 37.6. The topological polar surface area (TPSA) is 52.6 Å². The maximum absolute atomic E-state index is 13.3. The third kappa shape index (κ3) is 10.5. The van der Waals surface area contributed by atoms with E-state index in [0.717, 1.165) is 43.2 Å². The quantitative estimate of drug-likeness (QED) is 0.117. The first-order valence-electron chi connectivity index (χ1n) is 13.4. The molecule has 0 saturated heterocycles. The number of hydrogen-bond donors (Lipinski definition) is 0. The van der Waals surface area contributed by atoms with Gasteiger partial charge in [-0.15, -0.1) is 0 Å². The average Bonchev–Trinajstić information content (AvgIpc) is 2.88. The van der Waals surface area contributed by atoms with Gasteiger partial charge in [0.15, 0.2) is 0 Å². The van der Waals surface area contributed by atoms with E-state index in [1.807, 2.05) is 42.5 Å². The molecule has 0 aromatic heterocycles. The van der Waals surface area contributed by atoms with Crippen LogP contribution in [0, 0.1) is 0 Å². The van der Waals surface area contributed by atoms with E-state index in [4.69, 9.17) is 8.92 Å². The van der Waals surface area contributed by atoms with Crippen LogP contribution in [0.3, 0.4) is 0 Å². The molecule has 2 aromatic rings. The Labute approximate surface area is 213 Å². The van der Waals surface area contributed by atoms with Gasteiger partial charge in [0.2, 0.25) is 0 Å². The lowest BCUT2D eigenvalue weighted by atomic mass is 10.0. The van der Waals surface area contributed by atoms with E-state index in [2.05, 4.69) is 13.8 Å². The van der Waals surface area contributed by atoms with Crippen molar-refractivity contribution in [2.45, 2.75) is 102 Å². The number of aryl methyl sites for hydroxylation is 1. The van der Waals surface area contributed by atoms with E-state index >= 15 is 0 Å². The molecular weight excluding hydrogens is 456 g/mol. The lowest BCUT2D eigenvalue weighted by molar-refractivity contribution is 0.414. The molecule has 0 amide bonds. The fraction of sp³-hybridized carbons (Fsp3) is 0.533.